The quantitative estimate of drug-likeness (QED) is 0.666. The van der Waals surface area contributed by atoms with Gasteiger partial charge in [0.2, 0.25) is 10.0 Å². The lowest BCUT2D eigenvalue weighted by molar-refractivity contribution is -0.141. The number of esters is 2. The second-order valence-corrected chi connectivity index (χ2v) is 5.16. The largest absolute Gasteiger partial charge is 0.468 e. The Labute approximate surface area is 109 Å². The Morgan fingerprint density at radius 3 is 2.53 bits per heavy atom. The van der Waals surface area contributed by atoms with Gasteiger partial charge >= 0.3 is 11.9 Å². The number of hydrogen-bond donors (Lipinski definition) is 1. The van der Waals surface area contributed by atoms with Gasteiger partial charge < -0.3 is 9.47 Å². The molecule has 0 radical (unpaired) electrons. The molecule has 0 aromatic carbocycles. The molecule has 1 heterocycles. The first-order valence-electron chi connectivity index (χ1n) is 5.03. The summed E-state index contributed by atoms with van der Waals surface area (Å²) >= 11 is 0. The number of sulfonamides is 1. The van der Waals surface area contributed by atoms with E-state index in [4.69, 9.17) is 0 Å². The van der Waals surface area contributed by atoms with Crippen LogP contribution in [0.3, 0.4) is 0 Å². The summed E-state index contributed by atoms with van der Waals surface area (Å²) in [6.45, 7) is -0.144. The summed E-state index contributed by atoms with van der Waals surface area (Å²) in [6, 6.07) is 0. The molecule has 0 saturated carbocycles. The van der Waals surface area contributed by atoms with E-state index in [9.17, 15) is 18.0 Å². The van der Waals surface area contributed by atoms with E-state index in [1.807, 2.05) is 0 Å². The molecule has 0 aliphatic carbocycles. The van der Waals surface area contributed by atoms with Gasteiger partial charge in [0.15, 0.2) is 5.75 Å². The minimum atomic E-state index is -3.86. The molecule has 1 aromatic heterocycles. The summed E-state index contributed by atoms with van der Waals surface area (Å²) in [4.78, 5) is 21.9. The number of hydrogen-bond acceptors (Lipinski definition) is 7. The zero-order valence-electron chi connectivity index (χ0n) is 10.3. The van der Waals surface area contributed by atoms with Crippen LogP contribution in [0.1, 0.15) is 0 Å². The number of nitrogens with zero attached hydrogens (tertiary/aromatic N) is 2. The molecule has 0 aliphatic heterocycles. The highest BCUT2D eigenvalue weighted by Crippen LogP contribution is 2.08. The van der Waals surface area contributed by atoms with Crippen molar-refractivity contribution in [2.75, 3.05) is 24.7 Å². The topological polar surface area (TPSA) is 117 Å². The number of anilines is 1. The van der Waals surface area contributed by atoms with E-state index in [0.717, 1.165) is 7.11 Å². The van der Waals surface area contributed by atoms with E-state index in [-0.39, 0.29) is 12.2 Å². The Kier molecular flexibility index (Phi) is 4.87. The smallest absolute Gasteiger partial charge is 0.327 e. The molecule has 0 unspecified atom stereocenters. The monoisotopic (exact) mass is 291 g/mol. The third kappa shape index (κ3) is 4.95. The van der Waals surface area contributed by atoms with Crippen molar-refractivity contribution >= 4 is 27.6 Å². The predicted molar refractivity (Wildman–Crippen MR) is 63.7 cm³/mol. The number of nitrogens with one attached hydrogen (secondary N) is 1. The van der Waals surface area contributed by atoms with Gasteiger partial charge in [0, 0.05) is 6.20 Å². The normalized spacial score (nSPS) is 10.8. The van der Waals surface area contributed by atoms with E-state index >= 15 is 0 Å². The summed E-state index contributed by atoms with van der Waals surface area (Å²) in [7, 11) is -1.54. The fraction of sp³-hybridized carbons (Fsp3) is 0.444. The standard InChI is InChI=1S/C9H13N3O6S/c1-17-8(13)5-12-4-7(3-10-12)11-19(15,16)6-9(14)18-2/h3-4,11H,5-6H2,1-2H3. The molecule has 0 fully saturated rings. The molecule has 0 aliphatic rings. The number of aromatic nitrogens is 2. The molecular weight excluding hydrogens is 278 g/mol. The number of carbonyl (C=O) groups excluding carboxylic acids is 2. The first-order chi connectivity index (χ1) is 8.86. The van der Waals surface area contributed by atoms with Crippen molar-refractivity contribution in [3.8, 4) is 0 Å². The predicted octanol–water partition coefficient (Wildman–Crippen LogP) is -1.03. The Hall–Kier alpha value is -2.10. The van der Waals surface area contributed by atoms with Gasteiger partial charge in [0.25, 0.3) is 0 Å². The molecule has 9 nitrogen and oxygen atoms in total. The first-order valence-corrected chi connectivity index (χ1v) is 6.68. The van der Waals surface area contributed by atoms with Crippen LogP contribution in [-0.2, 0) is 35.6 Å². The molecule has 19 heavy (non-hydrogen) atoms. The van der Waals surface area contributed by atoms with Gasteiger partial charge in [-0.1, -0.05) is 0 Å². The lowest BCUT2D eigenvalue weighted by atomic mass is 10.6. The second kappa shape index (κ2) is 6.18. The molecule has 0 saturated heterocycles. The van der Waals surface area contributed by atoms with Gasteiger partial charge in [-0.05, 0) is 0 Å². The maximum atomic E-state index is 11.5. The van der Waals surface area contributed by atoms with Gasteiger partial charge in [0.1, 0.15) is 6.54 Å². The summed E-state index contributed by atoms with van der Waals surface area (Å²) in [5.41, 5.74) is 0.132. The van der Waals surface area contributed by atoms with E-state index < -0.39 is 27.7 Å². The fourth-order valence-corrected chi connectivity index (χ4v) is 2.09. The van der Waals surface area contributed by atoms with Crippen LogP contribution in [0.5, 0.6) is 0 Å². The van der Waals surface area contributed by atoms with Crippen molar-refractivity contribution in [2.45, 2.75) is 6.54 Å². The molecule has 106 valence electrons. The van der Waals surface area contributed by atoms with E-state index in [1.54, 1.807) is 0 Å². The van der Waals surface area contributed by atoms with Crippen molar-refractivity contribution in [3.05, 3.63) is 12.4 Å². The molecular formula is C9H13N3O6S. The molecule has 0 amide bonds. The molecule has 0 bridgehead atoms. The molecule has 10 heteroatoms. The van der Waals surface area contributed by atoms with Crippen molar-refractivity contribution in [1.82, 2.24) is 9.78 Å². The summed E-state index contributed by atoms with van der Waals surface area (Å²) < 4.78 is 35.0. The maximum absolute atomic E-state index is 11.5. The highest BCUT2D eigenvalue weighted by molar-refractivity contribution is 7.93. The fourth-order valence-electron chi connectivity index (χ4n) is 1.13. The first kappa shape index (κ1) is 15.0. The number of rotatable bonds is 6. The van der Waals surface area contributed by atoms with Gasteiger partial charge in [-0.3, -0.25) is 19.0 Å². The molecule has 1 N–H and O–H groups in total. The zero-order chi connectivity index (χ0) is 14.5. The Morgan fingerprint density at radius 1 is 1.32 bits per heavy atom. The third-order valence-corrected chi connectivity index (χ3v) is 3.12. The number of carbonyl (C=O) groups is 2. The van der Waals surface area contributed by atoms with E-state index in [0.29, 0.717) is 0 Å². The van der Waals surface area contributed by atoms with Crippen LogP contribution in [0, 0.1) is 0 Å². The van der Waals surface area contributed by atoms with Gasteiger partial charge in [-0.2, -0.15) is 5.10 Å². The van der Waals surface area contributed by atoms with Gasteiger partial charge in [-0.15, -0.1) is 0 Å². The van der Waals surface area contributed by atoms with Crippen LogP contribution in [0.4, 0.5) is 5.69 Å². The minimum Gasteiger partial charge on any atom is -0.468 e. The van der Waals surface area contributed by atoms with Crippen LogP contribution < -0.4 is 4.72 Å². The number of ether oxygens (including phenoxy) is 2. The van der Waals surface area contributed by atoms with E-state index in [1.165, 1.54) is 24.2 Å². The second-order valence-electron chi connectivity index (χ2n) is 3.44. The van der Waals surface area contributed by atoms with Crippen molar-refractivity contribution in [1.29, 1.82) is 0 Å². The molecule has 1 rings (SSSR count). The number of methoxy groups -OCH3 is 2. The SMILES string of the molecule is COC(=O)Cn1cc(NS(=O)(=O)CC(=O)OC)cn1. The van der Waals surface area contributed by atoms with Crippen LogP contribution in [-0.4, -0.2) is 50.1 Å². The highest BCUT2D eigenvalue weighted by Gasteiger charge is 2.17. The average Bonchev–Trinajstić information content (AvgIpc) is 2.74. The summed E-state index contributed by atoms with van der Waals surface area (Å²) in [6.07, 6.45) is 2.50. The van der Waals surface area contributed by atoms with Crippen LogP contribution in [0.15, 0.2) is 12.4 Å². The maximum Gasteiger partial charge on any atom is 0.327 e. The van der Waals surface area contributed by atoms with Crippen LogP contribution in [0.2, 0.25) is 0 Å². The average molecular weight is 291 g/mol. The lowest BCUT2D eigenvalue weighted by Gasteiger charge is -2.04. The summed E-state index contributed by atoms with van der Waals surface area (Å²) in [5.74, 6) is -2.20. The van der Waals surface area contributed by atoms with Crippen molar-refractivity contribution in [2.24, 2.45) is 0 Å². The molecule has 1 aromatic rings. The van der Waals surface area contributed by atoms with Crippen LogP contribution >= 0.6 is 0 Å². The minimum absolute atomic E-state index is 0.132. The van der Waals surface area contributed by atoms with Crippen LogP contribution in [0.25, 0.3) is 0 Å². The Bertz CT molecular complexity index is 564. The molecule has 0 spiro atoms. The van der Waals surface area contributed by atoms with Crippen molar-refractivity contribution in [3.63, 3.8) is 0 Å². The van der Waals surface area contributed by atoms with Crippen molar-refractivity contribution < 1.29 is 27.5 Å². The Balaban J connectivity index is 2.67. The summed E-state index contributed by atoms with van der Waals surface area (Å²) in [5, 5.41) is 3.76. The molecule has 0 atom stereocenters. The Morgan fingerprint density at radius 2 is 1.95 bits per heavy atom. The zero-order valence-corrected chi connectivity index (χ0v) is 11.1. The van der Waals surface area contributed by atoms with E-state index in [2.05, 4.69) is 19.3 Å². The van der Waals surface area contributed by atoms with Gasteiger partial charge in [-0.25, -0.2) is 8.42 Å². The van der Waals surface area contributed by atoms with Gasteiger partial charge in [0.05, 0.1) is 26.1 Å². The highest BCUT2D eigenvalue weighted by atomic mass is 32.2. The lowest BCUT2D eigenvalue weighted by Crippen LogP contribution is -2.23. The third-order valence-electron chi connectivity index (χ3n) is 1.96.